The fraction of sp³-hybridized carbons (Fsp3) is 0.744. The van der Waals surface area contributed by atoms with Gasteiger partial charge in [-0.3, -0.25) is 13.8 Å². The van der Waals surface area contributed by atoms with Crippen molar-refractivity contribution in [3.8, 4) is 0 Å². The van der Waals surface area contributed by atoms with Crippen molar-refractivity contribution in [1.82, 2.24) is 0 Å². The van der Waals surface area contributed by atoms with Crippen LogP contribution in [0.4, 0.5) is 0 Å². The van der Waals surface area contributed by atoms with E-state index in [2.05, 4.69) is 68.5 Å². The van der Waals surface area contributed by atoms with Gasteiger partial charge in [0, 0.05) is 13.0 Å². The summed E-state index contributed by atoms with van der Waals surface area (Å²) in [5, 5.41) is 18.3. The molecule has 308 valence electrons. The lowest BCUT2D eigenvalue weighted by molar-refractivity contribution is -0.154. The summed E-state index contributed by atoms with van der Waals surface area (Å²) in [6.07, 6.45) is 44.7. The van der Waals surface area contributed by atoms with Gasteiger partial charge in [-0.1, -0.05) is 164 Å². The van der Waals surface area contributed by atoms with Crippen LogP contribution < -0.4 is 0 Å². The molecule has 3 N–H and O–H groups in total. The van der Waals surface area contributed by atoms with Gasteiger partial charge in [0.25, 0.3) is 0 Å². The smallest absolute Gasteiger partial charge is 0.457 e. The Kier molecular flexibility index (Phi) is 38.5. The minimum Gasteiger partial charge on any atom is -0.457 e. The summed E-state index contributed by atoms with van der Waals surface area (Å²) < 4.78 is 33.3. The molecule has 9 nitrogen and oxygen atoms in total. The molecule has 0 rings (SSSR count). The van der Waals surface area contributed by atoms with Crippen LogP contribution in [0.3, 0.4) is 0 Å². The second-order valence-electron chi connectivity index (χ2n) is 13.6. The van der Waals surface area contributed by atoms with Crippen LogP contribution in [0.2, 0.25) is 0 Å². The van der Waals surface area contributed by atoms with Gasteiger partial charge in [0.05, 0.1) is 26.4 Å². The highest BCUT2D eigenvalue weighted by atomic mass is 31.2. The van der Waals surface area contributed by atoms with E-state index in [1.54, 1.807) is 0 Å². The zero-order valence-corrected chi connectivity index (χ0v) is 34.4. The molecule has 0 aromatic heterocycles. The van der Waals surface area contributed by atoms with E-state index >= 15 is 0 Å². The number of aliphatic hydroxyl groups is 2. The zero-order chi connectivity index (χ0) is 38.9. The fourth-order valence-corrected chi connectivity index (χ4v) is 6.12. The third kappa shape index (κ3) is 39.7. The monoisotopic (exact) mass is 769 g/mol. The molecule has 0 aromatic carbocycles. The van der Waals surface area contributed by atoms with Crippen molar-refractivity contribution in [2.75, 3.05) is 33.0 Å². The Morgan fingerprint density at radius 2 is 1.06 bits per heavy atom. The summed E-state index contributed by atoms with van der Waals surface area (Å²) in [5.41, 5.74) is 0. The van der Waals surface area contributed by atoms with Gasteiger partial charge >= 0.3 is 13.8 Å². The quantitative estimate of drug-likeness (QED) is 0.0242. The van der Waals surface area contributed by atoms with Crippen LogP contribution in [-0.2, 0) is 27.9 Å². The molecule has 0 saturated carbocycles. The van der Waals surface area contributed by atoms with E-state index < -0.39 is 45.8 Å². The maximum absolute atomic E-state index is 12.6. The summed E-state index contributed by atoms with van der Waals surface area (Å²) in [7, 11) is -4.53. The molecule has 10 heteroatoms. The summed E-state index contributed by atoms with van der Waals surface area (Å²) in [4.78, 5) is 22.5. The lowest BCUT2D eigenvalue weighted by Crippen LogP contribution is -2.29. The third-order valence-electron chi connectivity index (χ3n) is 8.47. The molecule has 0 amide bonds. The van der Waals surface area contributed by atoms with E-state index in [0.717, 1.165) is 57.8 Å². The molecule has 3 atom stereocenters. The Morgan fingerprint density at radius 3 is 1.55 bits per heavy atom. The molecule has 0 aliphatic heterocycles. The lowest BCUT2D eigenvalue weighted by atomic mass is 10.0. The summed E-state index contributed by atoms with van der Waals surface area (Å²) >= 11 is 0. The highest BCUT2D eigenvalue weighted by molar-refractivity contribution is 7.47. The van der Waals surface area contributed by atoms with Crippen molar-refractivity contribution in [2.45, 2.75) is 174 Å². The van der Waals surface area contributed by atoms with Crippen molar-refractivity contribution >= 4 is 13.8 Å². The summed E-state index contributed by atoms with van der Waals surface area (Å²) in [6, 6.07) is 0. The van der Waals surface area contributed by atoms with E-state index in [-0.39, 0.29) is 13.0 Å². The maximum atomic E-state index is 12.6. The molecule has 0 aliphatic rings. The molecule has 0 aromatic rings. The molecule has 0 radical (unpaired) electrons. The molecule has 0 heterocycles. The molecule has 0 aliphatic carbocycles. The first-order chi connectivity index (χ1) is 25.8. The van der Waals surface area contributed by atoms with Crippen molar-refractivity contribution in [1.29, 1.82) is 0 Å². The zero-order valence-electron chi connectivity index (χ0n) is 33.5. The lowest BCUT2D eigenvalue weighted by Gasteiger charge is -2.20. The van der Waals surface area contributed by atoms with Crippen LogP contribution in [0, 0.1) is 0 Å². The summed E-state index contributed by atoms with van der Waals surface area (Å²) in [6.45, 7) is 3.33. The van der Waals surface area contributed by atoms with Crippen LogP contribution in [-0.4, -0.2) is 66.3 Å². The predicted molar refractivity (Wildman–Crippen MR) is 219 cm³/mol. The van der Waals surface area contributed by atoms with E-state index in [1.165, 1.54) is 77.0 Å². The first-order valence-electron chi connectivity index (χ1n) is 20.8. The van der Waals surface area contributed by atoms with Crippen LogP contribution in [0.1, 0.15) is 162 Å². The molecule has 0 fully saturated rings. The fourth-order valence-electron chi connectivity index (χ4n) is 5.33. The number of esters is 1. The molecule has 0 bridgehead atoms. The van der Waals surface area contributed by atoms with Gasteiger partial charge in [0.15, 0.2) is 0 Å². The summed E-state index contributed by atoms with van der Waals surface area (Å²) in [5.74, 6) is -0.439. The number of carbonyl (C=O) groups excluding carboxylic acids is 1. The third-order valence-corrected chi connectivity index (χ3v) is 9.42. The number of rotatable bonds is 39. The van der Waals surface area contributed by atoms with Crippen LogP contribution in [0.15, 0.2) is 60.8 Å². The number of unbranched alkanes of at least 4 members (excludes halogenated alkanes) is 15. The predicted octanol–water partition coefficient (Wildman–Crippen LogP) is 11.2. The largest absolute Gasteiger partial charge is 0.472 e. The number of carbonyl (C=O) groups is 1. The molecule has 3 unspecified atom stereocenters. The van der Waals surface area contributed by atoms with Crippen LogP contribution >= 0.6 is 7.82 Å². The SMILES string of the molecule is CC/C=C\C/C=C\C/C=C\C/C=C\C/C=C\CCCC(=O)OC(COCCCCCCCCCCCCCCCCC)COP(=O)(O)OCC(O)CO. The van der Waals surface area contributed by atoms with Gasteiger partial charge in [-0.25, -0.2) is 4.57 Å². The highest BCUT2D eigenvalue weighted by Gasteiger charge is 2.26. The minimum absolute atomic E-state index is 0.0262. The number of allylic oxidation sites excluding steroid dienone is 10. The average Bonchev–Trinajstić information content (AvgIpc) is 3.15. The first kappa shape index (κ1) is 51.2. The average molecular weight is 769 g/mol. The Labute approximate surface area is 323 Å². The Hall–Kier alpha value is -1.84. The standard InChI is InChI=1S/C43H77O9P/c1-3-5-7-9-11-13-15-17-19-20-21-23-25-27-29-31-33-35-43(46)52-42(40-51-53(47,48)50-38-41(45)37-44)39-49-36-34-32-30-28-26-24-22-18-16-14-12-10-8-6-4-2/h5,7,11,13,17,19,21,23,27,29,41-42,44-45H,3-4,6,8-10,12,14-16,18,20,22,24-26,28,30-40H2,1-2H3,(H,47,48)/b7-5-,13-11-,19-17-,23-21-,29-27-. The second kappa shape index (κ2) is 39.8. The minimum atomic E-state index is -4.53. The van der Waals surface area contributed by atoms with Crippen molar-refractivity contribution < 1.29 is 43.0 Å². The number of hydrogen-bond donors (Lipinski definition) is 3. The number of phosphoric acid groups is 1. The molecule has 0 saturated heterocycles. The highest BCUT2D eigenvalue weighted by Crippen LogP contribution is 2.43. The number of hydrogen-bond acceptors (Lipinski definition) is 8. The Balaban J connectivity index is 4.30. The number of phosphoric ester groups is 1. The molecule has 0 spiro atoms. The van der Waals surface area contributed by atoms with Crippen LogP contribution in [0.5, 0.6) is 0 Å². The van der Waals surface area contributed by atoms with E-state index in [9.17, 15) is 19.4 Å². The van der Waals surface area contributed by atoms with E-state index in [0.29, 0.717) is 13.0 Å². The van der Waals surface area contributed by atoms with Gasteiger partial charge in [0.1, 0.15) is 12.2 Å². The molecular weight excluding hydrogens is 691 g/mol. The van der Waals surface area contributed by atoms with Crippen LogP contribution in [0.25, 0.3) is 0 Å². The normalized spacial score (nSPS) is 14.7. The van der Waals surface area contributed by atoms with Gasteiger partial charge in [-0.15, -0.1) is 0 Å². The van der Waals surface area contributed by atoms with Gasteiger partial charge in [-0.2, -0.15) is 0 Å². The Bertz CT molecular complexity index is 1010. The van der Waals surface area contributed by atoms with Gasteiger partial charge < -0.3 is 24.6 Å². The number of aliphatic hydroxyl groups excluding tert-OH is 2. The van der Waals surface area contributed by atoms with Gasteiger partial charge in [0.2, 0.25) is 0 Å². The van der Waals surface area contributed by atoms with E-state index in [1.807, 2.05) is 6.08 Å². The first-order valence-corrected chi connectivity index (χ1v) is 22.3. The van der Waals surface area contributed by atoms with Crippen molar-refractivity contribution in [3.63, 3.8) is 0 Å². The maximum Gasteiger partial charge on any atom is 0.472 e. The molecule has 53 heavy (non-hydrogen) atoms. The van der Waals surface area contributed by atoms with Crippen molar-refractivity contribution in [2.24, 2.45) is 0 Å². The topological polar surface area (TPSA) is 132 Å². The number of ether oxygens (including phenoxy) is 2. The molecular formula is C43H77O9P. The Morgan fingerprint density at radius 1 is 0.604 bits per heavy atom. The van der Waals surface area contributed by atoms with Gasteiger partial charge in [-0.05, 0) is 51.4 Å². The van der Waals surface area contributed by atoms with E-state index in [4.69, 9.17) is 23.6 Å². The second-order valence-corrected chi connectivity index (χ2v) is 15.1. The van der Waals surface area contributed by atoms with Crippen molar-refractivity contribution in [3.05, 3.63) is 60.8 Å².